The molecule has 1 aliphatic heterocycles. The van der Waals surface area contributed by atoms with Gasteiger partial charge in [-0.3, -0.25) is 4.79 Å². The van der Waals surface area contributed by atoms with E-state index >= 15 is 0 Å². The molecule has 0 radical (unpaired) electrons. The number of aliphatic hydroxyl groups excluding tert-OH is 1. The Morgan fingerprint density at radius 3 is 2.32 bits per heavy atom. The first kappa shape index (κ1) is 21.0. The number of fused-ring (bicyclic) bond motifs is 1. The van der Waals surface area contributed by atoms with Crippen LogP contribution in [0.2, 0.25) is 0 Å². The van der Waals surface area contributed by atoms with Crippen LogP contribution in [-0.4, -0.2) is 43.1 Å². The summed E-state index contributed by atoms with van der Waals surface area (Å²) in [7, 11) is 3.07. The normalized spacial score (nSPS) is 14.8. The number of methoxy groups -OCH3 is 2. The van der Waals surface area contributed by atoms with Crippen LogP contribution in [0.15, 0.2) is 41.2 Å². The molecule has 0 spiro atoms. The standard InChI is InChI=1S/C23H26FN3O4/c1-30-19-11-17-18(12-20(19)31-2)27(13-14-3-5-15(24)6-4-14)23(29)22(21(17)25)26-9-7-16(28)8-10-26/h3-6,11-12,16,28H,7-10,13,25H2,1-2H3. The summed E-state index contributed by atoms with van der Waals surface area (Å²) in [5, 5.41) is 10.5. The number of aliphatic hydroxyl groups is 1. The summed E-state index contributed by atoms with van der Waals surface area (Å²) in [6, 6.07) is 9.56. The molecule has 8 heteroatoms. The topological polar surface area (TPSA) is 90.0 Å². The monoisotopic (exact) mass is 427 g/mol. The van der Waals surface area contributed by atoms with Gasteiger partial charge in [-0.15, -0.1) is 0 Å². The fourth-order valence-electron chi connectivity index (χ4n) is 4.11. The molecule has 1 aliphatic rings. The summed E-state index contributed by atoms with van der Waals surface area (Å²) in [6.45, 7) is 1.32. The van der Waals surface area contributed by atoms with Gasteiger partial charge in [0, 0.05) is 24.5 Å². The average molecular weight is 427 g/mol. The van der Waals surface area contributed by atoms with Crippen molar-refractivity contribution in [1.29, 1.82) is 0 Å². The predicted octanol–water partition coefficient (Wildman–Crippen LogP) is 2.75. The fourth-order valence-corrected chi connectivity index (χ4v) is 4.11. The van der Waals surface area contributed by atoms with E-state index in [0.717, 1.165) is 5.56 Å². The van der Waals surface area contributed by atoms with Crippen LogP contribution in [-0.2, 0) is 6.54 Å². The molecule has 3 N–H and O–H groups in total. The zero-order chi connectivity index (χ0) is 22.1. The van der Waals surface area contributed by atoms with Crippen LogP contribution in [0.25, 0.3) is 10.9 Å². The summed E-state index contributed by atoms with van der Waals surface area (Å²) < 4.78 is 25.9. The van der Waals surface area contributed by atoms with E-state index in [9.17, 15) is 14.3 Å². The van der Waals surface area contributed by atoms with Crippen LogP contribution in [0.4, 0.5) is 15.8 Å². The first-order valence-corrected chi connectivity index (χ1v) is 10.2. The Kier molecular flexibility index (Phi) is 5.73. The molecule has 2 aromatic carbocycles. The predicted molar refractivity (Wildman–Crippen MR) is 119 cm³/mol. The number of pyridine rings is 1. The first-order valence-electron chi connectivity index (χ1n) is 10.2. The second kappa shape index (κ2) is 8.47. The fraction of sp³-hybridized carbons (Fsp3) is 0.348. The smallest absolute Gasteiger partial charge is 0.277 e. The maximum atomic E-state index is 13.6. The number of nitrogens with two attached hydrogens (primary N) is 1. The van der Waals surface area contributed by atoms with Gasteiger partial charge in [-0.05, 0) is 36.6 Å². The molecule has 4 rings (SSSR count). The van der Waals surface area contributed by atoms with Gasteiger partial charge in [-0.2, -0.15) is 0 Å². The second-order valence-corrected chi connectivity index (χ2v) is 7.72. The molecular formula is C23H26FN3O4. The Balaban J connectivity index is 1.95. The Morgan fingerprint density at radius 2 is 1.71 bits per heavy atom. The number of nitrogens with zero attached hydrogens (tertiary/aromatic N) is 2. The average Bonchev–Trinajstić information content (AvgIpc) is 2.78. The van der Waals surface area contributed by atoms with E-state index in [1.165, 1.54) is 19.2 Å². The van der Waals surface area contributed by atoms with Crippen LogP contribution in [0, 0.1) is 5.82 Å². The zero-order valence-corrected chi connectivity index (χ0v) is 17.6. The molecule has 164 valence electrons. The van der Waals surface area contributed by atoms with Gasteiger partial charge in [-0.25, -0.2) is 4.39 Å². The van der Waals surface area contributed by atoms with Gasteiger partial charge in [-0.1, -0.05) is 12.1 Å². The highest BCUT2D eigenvalue weighted by Crippen LogP contribution is 2.37. The molecule has 31 heavy (non-hydrogen) atoms. The van der Waals surface area contributed by atoms with E-state index in [1.807, 2.05) is 4.90 Å². The van der Waals surface area contributed by atoms with Crippen molar-refractivity contribution in [3.63, 3.8) is 0 Å². The summed E-state index contributed by atoms with van der Waals surface area (Å²) in [4.78, 5) is 15.6. The molecular weight excluding hydrogens is 401 g/mol. The van der Waals surface area contributed by atoms with E-state index in [2.05, 4.69) is 0 Å². The highest BCUT2D eigenvalue weighted by Gasteiger charge is 2.25. The molecule has 0 aliphatic carbocycles. The number of nitrogen functional groups attached to an aromatic ring is 1. The number of hydrogen-bond acceptors (Lipinski definition) is 6. The van der Waals surface area contributed by atoms with Crippen molar-refractivity contribution in [2.45, 2.75) is 25.5 Å². The number of anilines is 2. The maximum Gasteiger partial charge on any atom is 0.277 e. The van der Waals surface area contributed by atoms with Crippen molar-refractivity contribution in [3.8, 4) is 11.5 Å². The Labute approximate surface area is 179 Å². The number of rotatable bonds is 5. The lowest BCUT2D eigenvalue weighted by atomic mass is 10.0. The quantitative estimate of drug-likeness (QED) is 0.651. The van der Waals surface area contributed by atoms with Gasteiger partial charge in [0.1, 0.15) is 11.5 Å². The van der Waals surface area contributed by atoms with E-state index in [1.54, 1.807) is 35.9 Å². The van der Waals surface area contributed by atoms with Gasteiger partial charge < -0.3 is 29.8 Å². The highest BCUT2D eigenvalue weighted by molar-refractivity contribution is 5.98. The van der Waals surface area contributed by atoms with Crippen LogP contribution in [0.5, 0.6) is 11.5 Å². The SMILES string of the molecule is COc1cc2c(N)c(N3CCC(O)CC3)c(=O)n(Cc3ccc(F)cc3)c2cc1OC. The van der Waals surface area contributed by atoms with Crippen molar-refractivity contribution in [3.05, 3.63) is 58.1 Å². The van der Waals surface area contributed by atoms with Gasteiger partial charge in [0.25, 0.3) is 5.56 Å². The largest absolute Gasteiger partial charge is 0.493 e. The molecule has 7 nitrogen and oxygen atoms in total. The third kappa shape index (κ3) is 3.90. The number of benzene rings is 2. The number of aromatic nitrogens is 1. The first-order chi connectivity index (χ1) is 14.9. The Bertz CT molecular complexity index is 1150. The van der Waals surface area contributed by atoms with Gasteiger partial charge in [0.2, 0.25) is 0 Å². The molecule has 2 heterocycles. The minimum absolute atomic E-state index is 0.238. The number of piperidine rings is 1. The minimum Gasteiger partial charge on any atom is -0.493 e. The van der Waals surface area contributed by atoms with Crippen LogP contribution < -0.4 is 25.7 Å². The van der Waals surface area contributed by atoms with E-state index in [0.29, 0.717) is 59.7 Å². The molecule has 0 saturated carbocycles. The molecule has 0 bridgehead atoms. The molecule has 1 saturated heterocycles. The van der Waals surface area contributed by atoms with Crippen molar-refractivity contribution >= 4 is 22.3 Å². The summed E-state index contributed by atoms with van der Waals surface area (Å²) in [5.41, 5.74) is 8.44. The summed E-state index contributed by atoms with van der Waals surface area (Å²) >= 11 is 0. The van der Waals surface area contributed by atoms with E-state index < -0.39 is 0 Å². The summed E-state index contributed by atoms with van der Waals surface area (Å²) in [5.74, 6) is 0.654. The lowest BCUT2D eigenvalue weighted by Gasteiger charge is -2.32. The van der Waals surface area contributed by atoms with Crippen molar-refractivity contribution in [1.82, 2.24) is 4.57 Å². The molecule has 0 unspecified atom stereocenters. The number of ether oxygens (including phenoxy) is 2. The van der Waals surface area contributed by atoms with Crippen LogP contribution >= 0.6 is 0 Å². The molecule has 0 atom stereocenters. The zero-order valence-electron chi connectivity index (χ0n) is 17.6. The van der Waals surface area contributed by atoms with Crippen LogP contribution in [0.3, 0.4) is 0 Å². The van der Waals surface area contributed by atoms with Crippen molar-refractivity contribution in [2.24, 2.45) is 0 Å². The van der Waals surface area contributed by atoms with E-state index in [4.69, 9.17) is 15.2 Å². The summed E-state index contributed by atoms with van der Waals surface area (Å²) in [6.07, 6.45) is 0.769. The van der Waals surface area contributed by atoms with E-state index in [-0.39, 0.29) is 24.0 Å². The van der Waals surface area contributed by atoms with Crippen molar-refractivity contribution < 1.29 is 19.0 Å². The van der Waals surface area contributed by atoms with Gasteiger partial charge in [0.05, 0.1) is 38.1 Å². The second-order valence-electron chi connectivity index (χ2n) is 7.72. The lowest BCUT2D eigenvalue weighted by molar-refractivity contribution is 0.145. The van der Waals surface area contributed by atoms with Crippen LogP contribution in [0.1, 0.15) is 18.4 Å². The number of halogens is 1. The van der Waals surface area contributed by atoms with Gasteiger partial charge in [0.15, 0.2) is 11.5 Å². The highest BCUT2D eigenvalue weighted by atomic mass is 19.1. The lowest BCUT2D eigenvalue weighted by Crippen LogP contribution is -2.40. The van der Waals surface area contributed by atoms with Crippen molar-refractivity contribution in [2.75, 3.05) is 37.9 Å². The third-order valence-electron chi connectivity index (χ3n) is 5.82. The molecule has 1 fully saturated rings. The van der Waals surface area contributed by atoms with Gasteiger partial charge >= 0.3 is 0 Å². The number of hydrogen-bond donors (Lipinski definition) is 2. The Morgan fingerprint density at radius 1 is 1.10 bits per heavy atom. The molecule has 1 aromatic heterocycles. The maximum absolute atomic E-state index is 13.6. The molecule has 0 amide bonds. The Hall–Kier alpha value is -3.26. The molecule has 3 aromatic rings. The minimum atomic E-state index is -0.372. The third-order valence-corrected chi connectivity index (χ3v) is 5.82.